The van der Waals surface area contributed by atoms with Crippen LogP contribution in [0.1, 0.15) is 68.0 Å². The molecule has 0 unspecified atom stereocenters. The number of aromatic nitrogens is 3. The lowest BCUT2D eigenvalue weighted by molar-refractivity contribution is -0.433. The number of unbranched alkanes of at least 4 members (excludes halogenated alkanes) is 2. The molecule has 0 spiro atoms. The van der Waals surface area contributed by atoms with Crippen molar-refractivity contribution in [2.24, 2.45) is 5.92 Å². The number of β-amino-alcohol motifs (C(OH)–C–C–N with tert-alkyl or cyclic N) is 1. The van der Waals surface area contributed by atoms with Crippen molar-refractivity contribution >= 4 is 70.0 Å². The van der Waals surface area contributed by atoms with Crippen LogP contribution in [-0.2, 0) is 42.9 Å². The normalized spacial score (nSPS) is 25.0. The third-order valence-corrected chi connectivity index (χ3v) is 17.0. The summed E-state index contributed by atoms with van der Waals surface area (Å²) in [6, 6.07) is 4.50. The summed E-state index contributed by atoms with van der Waals surface area (Å²) in [6.45, 7) is 8.67. The minimum Gasteiger partial charge on any atom is -0.504 e. The van der Waals surface area contributed by atoms with Crippen molar-refractivity contribution < 1.29 is 103 Å². The number of phenolic OH excluding ortho intramolecular Hbond substituents is 1. The van der Waals surface area contributed by atoms with Gasteiger partial charge in [-0.2, -0.15) is 5.10 Å². The lowest BCUT2D eigenvalue weighted by atomic mass is 9.96. The lowest BCUT2D eigenvalue weighted by Gasteiger charge is -2.34. The molecule has 34 heteroatoms. The van der Waals surface area contributed by atoms with E-state index in [1.165, 1.54) is 30.4 Å². The maximum atomic E-state index is 14.7. The smallest absolute Gasteiger partial charge is 0.261 e. The van der Waals surface area contributed by atoms with Gasteiger partial charge in [-0.1, -0.05) is 45.8 Å². The number of phenols is 1. The molecular weight excluding hydrogens is 1250 g/mol. The molecule has 7 amide bonds. The number of amides is 7. The summed E-state index contributed by atoms with van der Waals surface area (Å²) < 4.78 is 21.8. The van der Waals surface area contributed by atoms with Crippen LogP contribution in [0.15, 0.2) is 72.9 Å². The van der Waals surface area contributed by atoms with E-state index in [0.717, 1.165) is 65.5 Å². The summed E-state index contributed by atoms with van der Waals surface area (Å²) in [5.41, 5.74) is 1.59. The molecule has 14 N–H and O–H groups in total. The number of fused-ring (bicyclic) bond motifs is 3. The highest BCUT2D eigenvalue weighted by molar-refractivity contribution is 7.90. The van der Waals surface area contributed by atoms with E-state index in [9.17, 15) is 74.4 Å². The molecule has 0 aliphatic carbocycles. The number of aromatic hydroxyl groups is 1. The van der Waals surface area contributed by atoms with Crippen molar-refractivity contribution in [1.82, 2.24) is 51.0 Å². The second kappa shape index (κ2) is 31.9. The van der Waals surface area contributed by atoms with Crippen molar-refractivity contribution in [3.8, 4) is 39.1 Å². The van der Waals surface area contributed by atoms with Crippen LogP contribution in [0.3, 0.4) is 0 Å². The topological polar surface area (TPSA) is 449 Å². The van der Waals surface area contributed by atoms with Crippen LogP contribution < -0.4 is 35.5 Å². The number of carbonyl (C=O) groups is 7. The van der Waals surface area contributed by atoms with E-state index in [-0.39, 0.29) is 23.5 Å². The van der Waals surface area contributed by atoms with Crippen molar-refractivity contribution in [2.75, 3.05) is 46.5 Å². The number of methoxy groups -OCH3 is 1. The molecule has 496 valence electrons. The van der Waals surface area contributed by atoms with Crippen molar-refractivity contribution in [1.29, 1.82) is 0 Å². The zero-order valence-corrected chi connectivity index (χ0v) is 51.3. The van der Waals surface area contributed by atoms with Gasteiger partial charge in [-0.3, -0.25) is 33.6 Å². The molecule has 3 aliphatic rings. The summed E-state index contributed by atoms with van der Waals surface area (Å²) in [5.74, 6) is -9.72. The molecule has 14 atom stereocenters. The maximum Gasteiger partial charge on any atom is 0.261 e. The number of hydrogen-bond acceptors (Lipinski definition) is 25. The average Bonchev–Trinajstić information content (AvgIpc) is 1.62. The van der Waals surface area contributed by atoms with Crippen molar-refractivity contribution in [3.63, 3.8) is 0 Å². The van der Waals surface area contributed by atoms with E-state index in [0.29, 0.717) is 34.4 Å². The second-order valence-corrected chi connectivity index (χ2v) is 23.7. The number of hydrogen-bond donors (Lipinski definition) is 14. The number of imidazole rings is 1. The van der Waals surface area contributed by atoms with E-state index in [2.05, 4.69) is 40.8 Å². The molecule has 2 aromatic heterocycles. The Labute approximate surface area is 533 Å². The Hall–Kier alpha value is -8.15. The number of aliphatic hydroxyl groups is 7. The minimum absolute atomic E-state index is 0.00615. The standard InChI is InChI=1S/C58H71N11O21S2/c1-28-25-68-46(47(28)75)54(82)60-23-34(71)21-37(61-50(78)31-10-8-30(9-11-31)38-27-69-58(62-38)91-55(66-69)32-12-15-36(16-13-32)87-19-7-5-6-18-86-4)51(79)63-43(29(2)70)56(83)67-26-35(72)22-39(67)52(80)65-45(53(81)64-44(57(68)84)41(74)24-59-3)49(77)48(76)33-14-17-40(73)42(20-33)88-92-90-89-85/h8-17,20,27-29,34-35,37,39,41,43-49,70-77,85H,5-7,18-19,21-26H2,1-2,4H3,(H,60,82)(H,61,78)(H,63,79)(H,64,81)(H,65,80)/t28-,29+,34+,35+,37+,39+,41-,43+,44+,45+,46+,47+,48+,49+/m1/s1. The number of aliphatic hydroxyl groups excluding tert-OH is 7. The molecule has 32 nitrogen and oxygen atoms in total. The molecule has 3 fully saturated rings. The van der Waals surface area contributed by atoms with Crippen LogP contribution in [0.4, 0.5) is 0 Å². The summed E-state index contributed by atoms with van der Waals surface area (Å²) >= 11 is 1.33. The molecule has 5 aromatic rings. The minimum atomic E-state index is -2.50. The highest BCUT2D eigenvalue weighted by Gasteiger charge is 2.50. The predicted octanol–water partition coefficient (Wildman–Crippen LogP) is -1.25. The summed E-state index contributed by atoms with van der Waals surface area (Å²) in [6.07, 6.45) is -10.2. The molecular formula is C58H71N11O21S2. The SMILES string of the molecule is [C-]#[N+]C[C@@H](O)[C@@H]1NC(=O)[C@H]([C@H](O)[C@@H](O)c2ccc(O)c(OSOOO)c2)NC(=O)[C@@H]2C[C@H](O)CN2C(=O)[C@H]([C@H](C)O)NC(=O)[C@@H](NC(=O)c2ccc(-c3cn4nc(-c5ccc(OCCCCCOC)cc5)sc4n3)cc2)C[C@H](O)CNC(=O)[C@@H]2[C@@H](O)[C@H](C)CN2C1=O. The van der Waals surface area contributed by atoms with Gasteiger partial charge in [0.05, 0.1) is 42.9 Å². The van der Waals surface area contributed by atoms with Crippen molar-refractivity contribution in [2.45, 2.75) is 125 Å². The van der Waals surface area contributed by atoms with Crippen LogP contribution in [0.2, 0.25) is 0 Å². The van der Waals surface area contributed by atoms with Gasteiger partial charge in [0.1, 0.15) is 59.2 Å². The van der Waals surface area contributed by atoms with Gasteiger partial charge >= 0.3 is 0 Å². The molecule has 8 rings (SSSR count). The van der Waals surface area contributed by atoms with Gasteiger partial charge < -0.3 is 95.7 Å². The molecule has 92 heavy (non-hydrogen) atoms. The molecule has 3 aromatic carbocycles. The third-order valence-electron chi connectivity index (χ3n) is 15.7. The van der Waals surface area contributed by atoms with Crippen LogP contribution in [0, 0.1) is 12.5 Å². The monoisotopic (exact) mass is 1320 g/mol. The first-order valence-electron chi connectivity index (χ1n) is 29.1. The third kappa shape index (κ3) is 16.9. The zero-order valence-electron chi connectivity index (χ0n) is 49.7. The van der Waals surface area contributed by atoms with Crippen LogP contribution in [0.25, 0.3) is 31.6 Å². The number of nitrogens with zero attached hydrogens (tertiary/aromatic N) is 6. The summed E-state index contributed by atoms with van der Waals surface area (Å²) in [7, 11) is 1.67. The van der Waals surface area contributed by atoms with E-state index in [4.69, 9.17) is 35.6 Å². The van der Waals surface area contributed by atoms with E-state index < -0.39 is 177 Å². The Morgan fingerprint density at radius 3 is 2.20 bits per heavy atom. The zero-order chi connectivity index (χ0) is 66.5. The number of rotatable bonds is 21. The Balaban J connectivity index is 1.06. The van der Waals surface area contributed by atoms with E-state index in [1.807, 2.05) is 24.3 Å². The van der Waals surface area contributed by atoms with Gasteiger partial charge in [0, 0.05) is 68.8 Å². The Morgan fingerprint density at radius 1 is 0.826 bits per heavy atom. The van der Waals surface area contributed by atoms with Gasteiger partial charge in [0.25, 0.3) is 18.2 Å². The van der Waals surface area contributed by atoms with Gasteiger partial charge in [-0.25, -0.2) is 21.3 Å². The fraction of sp³-hybridized carbons (Fsp3) is 0.483. The molecule has 0 saturated carbocycles. The first kappa shape index (κ1) is 69.7. The van der Waals surface area contributed by atoms with Gasteiger partial charge in [0.2, 0.25) is 46.9 Å². The second-order valence-electron chi connectivity index (χ2n) is 22.3. The molecule has 5 heterocycles. The number of carbonyl (C=O) groups excluding carboxylic acids is 7. The van der Waals surface area contributed by atoms with Gasteiger partial charge in [-0.05, 0) is 80.3 Å². The van der Waals surface area contributed by atoms with Gasteiger partial charge in [-0.15, -0.1) is 0 Å². The highest BCUT2D eigenvalue weighted by atomic mass is 32.2. The van der Waals surface area contributed by atoms with Crippen molar-refractivity contribution in [3.05, 3.63) is 95.5 Å². The van der Waals surface area contributed by atoms with Crippen LogP contribution in [-0.4, -0.2) is 231 Å². The fourth-order valence-electron chi connectivity index (χ4n) is 10.7. The number of benzene rings is 3. The first-order valence-corrected chi connectivity index (χ1v) is 30.5. The van der Waals surface area contributed by atoms with E-state index >= 15 is 0 Å². The van der Waals surface area contributed by atoms with Crippen LogP contribution >= 0.6 is 23.7 Å². The molecule has 0 bridgehead atoms. The fourth-order valence-corrected chi connectivity index (χ4v) is 11.9. The molecule has 3 saturated heterocycles. The summed E-state index contributed by atoms with van der Waals surface area (Å²) in [5, 5.41) is 119. The largest absolute Gasteiger partial charge is 0.504 e. The maximum absolute atomic E-state index is 14.7. The quantitative estimate of drug-likeness (QED) is 0.0134. The Bertz CT molecular complexity index is 3410. The Kier molecular flexibility index (Phi) is 24.2. The average molecular weight is 1320 g/mol. The van der Waals surface area contributed by atoms with E-state index in [1.54, 1.807) is 30.0 Å². The predicted molar refractivity (Wildman–Crippen MR) is 322 cm³/mol. The molecule has 0 radical (unpaired) electrons. The molecule has 3 aliphatic heterocycles. The van der Waals surface area contributed by atoms with Gasteiger partial charge in [0.15, 0.2) is 17.6 Å². The highest BCUT2D eigenvalue weighted by Crippen LogP contribution is 2.35. The summed E-state index contributed by atoms with van der Waals surface area (Å²) in [4.78, 5) is 111. The Morgan fingerprint density at radius 2 is 1.51 bits per heavy atom. The van der Waals surface area contributed by atoms with Crippen LogP contribution in [0.5, 0.6) is 17.2 Å². The number of nitrogens with one attached hydrogen (secondary N) is 5. The first-order chi connectivity index (χ1) is 44.0. The lowest BCUT2D eigenvalue weighted by Crippen LogP contribution is -2.64. The number of ether oxygens (including phenoxy) is 2.